The van der Waals surface area contributed by atoms with E-state index in [9.17, 15) is 8.42 Å². The summed E-state index contributed by atoms with van der Waals surface area (Å²) in [5.74, 6) is 1.08. The molecule has 2 heterocycles. The van der Waals surface area contributed by atoms with Crippen molar-refractivity contribution in [3.05, 3.63) is 18.2 Å². The molecule has 1 aromatic heterocycles. The number of rotatable bonds is 5. The molecular weight excluding hydrogens is 264 g/mol. The van der Waals surface area contributed by atoms with Crippen molar-refractivity contribution in [2.75, 3.05) is 32.4 Å². The fourth-order valence-electron chi connectivity index (χ4n) is 2.31. The van der Waals surface area contributed by atoms with Crippen LogP contribution in [0, 0.1) is 0 Å². The zero-order valence-electron chi connectivity index (χ0n) is 11.5. The first-order valence-electron chi connectivity index (χ1n) is 6.72. The summed E-state index contributed by atoms with van der Waals surface area (Å²) >= 11 is 0. The molecule has 0 radical (unpaired) electrons. The highest BCUT2D eigenvalue weighted by atomic mass is 32.2. The molecule has 1 aromatic rings. The highest BCUT2D eigenvalue weighted by molar-refractivity contribution is 7.89. The predicted octanol–water partition coefficient (Wildman–Crippen LogP) is 0.828. The molecule has 7 heteroatoms. The predicted molar refractivity (Wildman–Crippen MR) is 74.2 cm³/mol. The lowest BCUT2D eigenvalue weighted by Crippen LogP contribution is -2.49. The van der Waals surface area contributed by atoms with Crippen LogP contribution >= 0.6 is 0 Å². The number of likely N-dealkylation sites (N-methyl/N-ethyl adjacent to an activating group) is 1. The number of imidazole rings is 1. The highest BCUT2D eigenvalue weighted by Gasteiger charge is 2.33. The summed E-state index contributed by atoms with van der Waals surface area (Å²) < 4.78 is 26.1. The second-order valence-corrected chi connectivity index (χ2v) is 7.09. The van der Waals surface area contributed by atoms with Gasteiger partial charge in [0, 0.05) is 32.0 Å². The Kier molecular flexibility index (Phi) is 4.59. The Labute approximate surface area is 114 Å². The van der Waals surface area contributed by atoms with Gasteiger partial charge in [-0.15, -0.1) is 0 Å². The van der Waals surface area contributed by atoms with E-state index in [0.717, 1.165) is 25.2 Å². The topological polar surface area (TPSA) is 69.3 Å². The Balaban J connectivity index is 2.09. The maximum absolute atomic E-state index is 12.2. The molecule has 0 aliphatic carbocycles. The first-order valence-corrected chi connectivity index (χ1v) is 8.33. The molecule has 1 unspecified atom stereocenters. The van der Waals surface area contributed by atoms with E-state index < -0.39 is 10.0 Å². The molecule has 2 rings (SSSR count). The zero-order valence-corrected chi connectivity index (χ0v) is 12.4. The molecule has 0 bridgehead atoms. The van der Waals surface area contributed by atoms with Gasteiger partial charge in [-0.05, 0) is 13.5 Å². The summed E-state index contributed by atoms with van der Waals surface area (Å²) in [4.78, 5) is 9.47. The van der Waals surface area contributed by atoms with Crippen LogP contribution in [0.25, 0.3) is 0 Å². The number of piperazine rings is 1. The van der Waals surface area contributed by atoms with E-state index in [0.29, 0.717) is 13.1 Å². The molecule has 0 spiro atoms. The van der Waals surface area contributed by atoms with Crippen molar-refractivity contribution in [2.45, 2.75) is 25.8 Å². The van der Waals surface area contributed by atoms with Crippen LogP contribution in [-0.4, -0.2) is 60.0 Å². The summed E-state index contributed by atoms with van der Waals surface area (Å²) in [6, 6.07) is 0.0140. The van der Waals surface area contributed by atoms with E-state index in [-0.39, 0.29) is 11.8 Å². The summed E-state index contributed by atoms with van der Waals surface area (Å²) in [6.45, 7) is 3.79. The van der Waals surface area contributed by atoms with Crippen LogP contribution in [0.4, 0.5) is 0 Å². The number of nitrogens with one attached hydrogen (secondary N) is 1. The van der Waals surface area contributed by atoms with Gasteiger partial charge in [0.15, 0.2) is 0 Å². The lowest BCUT2D eigenvalue weighted by atomic mass is 10.2. The van der Waals surface area contributed by atoms with E-state index in [1.54, 1.807) is 16.7 Å². The van der Waals surface area contributed by atoms with Gasteiger partial charge < -0.3 is 4.98 Å². The fraction of sp³-hybridized carbons (Fsp3) is 0.750. The van der Waals surface area contributed by atoms with Gasteiger partial charge in [0.2, 0.25) is 10.0 Å². The van der Waals surface area contributed by atoms with Gasteiger partial charge in [0.25, 0.3) is 0 Å². The molecule has 0 saturated carbocycles. The number of nitrogens with zero attached hydrogens (tertiary/aromatic N) is 3. The smallest absolute Gasteiger partial charge is 0.214 e. The van der Waals surface area contributed by atoms with E-state index in [1.807, 2.05) is 14.0 Å². The zero-order chi connectivity index (χ0) is 13.9. The van der Waals surface area contributed by atoms with Gasteiger partial charge in [-0.1, -0.05) is 13.3 Å². The molecule has 19 heavy (non-hydrogen) atoms. The SMILES string of the molecule is CCCCS(=O)(=O)N1CCN(C)C(c2ncc[nH]2)C1. The van der Waals surface area contributed by atoms with Crippen molar-refractivity contribution in [1.82, 2.24) is 19.2 Å². The van der Waals surface area contributed by atoms with Crippen molar-refractivity contribution in [3.8, 4) is 0 Å². The highest BCUT2D eigenvalue weighted by Crippen LogP contribution is 2.23. The van der Waals surface area contributed by atoms with Crippen LogP contribution < -0.4 is 0 Å². The number of aromatic amines is 1. The fourth-order valence-corrected chi connectivity index (χ4v) is 3.95. The number of sulfonamides is 1. The van der Waals surface area contributed by atoms with Gasteiger partial charge >= 0.3 is 0 Å². The van der Waals surface area contributed by atoms with Crippen LogP contribution in [0.2, 0.25) is 0 Å². The molecular formula is C12H22N4O2S. The number of aromatic nitrogens is 2. The quantitative estimate of drug-likeness (QED) is 0.870. The Morgan fingerprint density at radius 1 is 1.47 bits per heavy atom. The van der Waals surface area contributed by atoms with Crippen LogP contribution in [0.3, 0.4) is 0 Å². The van der Waals surface area contributed by atoms with Crippen molar-refractivity contribution < 1.29 is 8.42 Å². The van der Waals surface area contributed by atoms with Crippen LogP contribution in [0.1, 0.15) is 31.6 Å². The molecule has 1 N–H and O–H groups in total. The van der Waals surface area contributed by atoms with Gasteiger partial charge in [0.05, 0.1) is 11.8 Å². The molecule has 6 nitrogen and oxygen atoms in total. The standard InChI is InChI=1S/C12H22N4O2S/c1-3-4-9-19(17,18)16-8-7-15(2)11(10-16)12-13-5-6-14-12/h5-6,11H,3-4,7-10H2,1-2H3,(H,13,14). The summed E-state index contributed by atoms with van der Waals surface area (Å²) in [5.41, 5.74) is 0. The minimum atomic E-state index is -3.13. The molecule has 1 atom stereocenters. The summed E-state index contributed by atoms with van der Waals surface area (Å²) in [5, 5.41) is 0. The molecule has 0 aromatic carbocycles. The minimum Gasteiger partial charge on any atom is -0.347 e. The third-order valence-electron chi connectivity index (χ3n) is 3.59. The third-order valence-corrected chi connectivity index (χ3v) is 5.52. The average Bonchev–Trinajstić information content (AvgIpc) is 2.90. The maximum atomic E-state index is 12.2. The largest absolute Gasteiger partial charge is 0.347 e. The van der Waals surface area contributed by atoms with E-state index in [4.69, 9.17) is 0 Å². The Morgan fingerprint density at radius 3 is 2.89 bits per heavy atom. The van der Waals surface area contributed by atoms with Gasteiger partial charge in [0.1, 0.15) is 5.82 Å². The Hall–Kier alpha value is -0.920. The van der Waals surface area contributed by atoms with Crippen LogP contribution in [0.5, 0.6) is 0 Å². The molecule has 0 amide bonds. The normalized spacial score (nSPS) is 22.7. The lowest BCUT2D eigenvalue weighted by Gasteiger charge is -2.37. The first-order chi connectivity index (χ1) is 9.04. The van der Waals surface area contributed by atoms with Crippen molar-refractivity contribution in [2.24, 2.45) is 0 Å². The van der Waals surface area contributed by atoms with Gasteiger partial charge in [-0.2, -0.15) is 4.31 Å². The second kappa shape index (κ2) is 6.02. The minimum absolute atomic E-state index is 0.0140. The third kappa shape index (κ3) is 3.34. The number of unbranched alkanes of at least 4 members (excludes halogenated alkanes) is 1. The Bertz CT molecular complexity index is 486. The van der Waals surface area contributed by atoms with Crippen molar-refractivity contribution >= 4 is 10.0 Å². The van der Waals surface area contributed by atoms with Gasteiger partial charge in [-0.3, -0.25) is 4.90 Å². The van der Waals surface area contributed by atoms with E-state index >= 15 is 0 Å². The Morgan fingerprint density at radius 2 is 2.26 bits per heavy atom. The number of hydrogen-bond acceptors (Lipinski definition) is 4. The monoisotopic (exact) mass is 286 g/mol. The van der Waals surface area contributed by atoms with Crippen LogP contribution in [0.15, 0.2) is 12.4 Å². The average molecular weight is 286 g/mol. The molecule has 1 aliphatic rings. The molecule has 1 fully saturated rings. The summed E-state index contributed by atoms with van der Waals surface area (Å²) in [6.07, 6.45) is 5.09. The first kappa shape index (κ1) is 14.5. The van der Waals surface area contributed by atoms with Crippen molar-refractivity contribution in [3.63, 3.8) is 0 Å². The molecule has 1 saturated heterocycles. The van der Waals surface area contributed by atoms with E-state index in [2.05, 4.69) is 14.9 Å². The molecule has 108 valence electrons. The maximum Gasteiger partial charge on any atom is 0.214 e. The number of H-pyrrole nitrogens is 1. The van der Waals surface area contributed by atoms with Crippen LogP contribution in [-0.2, 0) is 10.0 Å². The number of hydrogen-bond donors (Lipinski definition) is 1. The van der Waals surface area contributed by atoms with E-state index in [1.165, 1.54) is 0 Å². The van der Waals surface area contributed by atoms with Crippen molar-refractivity contribution in [1.29, 1.82) is 0 Å². The lowest BCUT2D eigenvalue weighted by molar-refractivity contribution is 0.142. The molecule has 1 aliphatic heterocycles. The second-order valence-electron chi connectivity index (χ2n) is 5.00. The van der Waals surface area contributed by atoms with Gasteiger partial charge in [-0.25, -0.2) is 13.4 Å². The summed E-state index contributed by atoms with van der Waals surface area (Å²) in [7, 11) is -1.12.